The summed E-state index contributed by atoms with van der Waals surface area (Å²) in [5.74, 6) is 1.45. The number of nitriles is 1. The highest BCUT2D eigenvalue weighted by Gasteiger charge is 2.45. The fourth-order valence-electron chi connectivity index (χ4n) is 5.93. The minimum atomic E-state index is -0.687. The Bertz CT molecular complexity index is 1620. The molecule has 1 fully saturated rings. The maximum Gasteiger partial charge on any atom is 0.414 e. The van der Waals surface area contributed by atoms with Crippen LogP contribution in [0.15, 0.2) is 30.5 Å². The Morgan fingerprint density at radius 1 is 1.27 bits per heavy atom. The van der Waals surface area contributed by atoms with E-state index in [0.717, 1.165) is 30.0 Å². The normalized spacial score (nSPS) is 20.0. The van der Waals surface area contributed by atoms with Crippen LogP contribution in [0.1, 0.15) is 57.4 Å². The van der Waals surface area contributed by atoms with Gasteiger partial charge in [0.1, 0.15) is 17.5 Å². The first-order valence-corrected chi connectivity index (χ1v) is 14.8. The molecule has 0 bridgehead atoms. The van der Waals surface area contributed by atoms with Gasteiger partial charge in [0.05, 0.1) is 29.2 Å². The molecule has 0 aliphatic carbocycles. The summed E-state index contributed by atoms with van der Waals surface area (Å²) in [5, 5.41) is 18.2. The van der Waals surface area contributed by atoms with Crippen molar-refractivity contribution in [3.63, 3.8) is 0 Å². The zero-order chi connectivity index (χ0) is 31.8. The fraction of sp³-hybridized carbons (Fsp3) is 0.500. The number of fused-ring (bicyclic) bond motifs is 1. The maximum atomic E-state index is 13.2. The van der Waals surface area contributed by atoms with Gasteiger partial charge in [0.15, 0.2) is 0 Å². The monoisotopic (exact) mass is 600 g/mol. The predicted molar refractivity (Wildman–Crippen MR) is 166 cm³/mol. The van der Waals surface area contributed by atoms with E-state index in [-0.39, 0.29) is 11.8 Å². The molecule has 2 amide bonds. The summed E-state index contributed by atoms with van der Waals surface area (Å²) in [7, 11) is 3.46. The number of carbonyl (C=O) groups is 2. The maximum absolute atomic E-state index is 13.2. The minimum Gasteiger partial charge on any atom is -0.443 e. The highest BCUT2D eigenvalue weighted by Crippen LogP contribution is 2.45. The van der Waals surface area contributed by atoms with E-state index in [4.69, 9.17) is 14.5 Å². The lowest BCUT2D eigenvalue weighted by Gasteiger charge is -2.28. The molecule has 0 radical (unpaired) electrons. The highest BCUT2D eigenvalue weighted by molar-refractivity contribution is 5.95. The van der Waals surface area contributed by atoms with E-state index in [2.05, 4.69) is 21.5 Å². The number of hydrogen-bond donors (Lipinski definition) is 1. The second-order valence-electron chi connectivity index (χ2n) is 13.0. The highest BCUT2D eigenvalue weighted by atomic mass is 16.6. The number of anilines is 3. The van der Waals surface area contributed by atoms with Crippen molar-refractivity contribution in [3.05, 3.63) is 47.3 Å². The van der Waals surface area contributed by atoms with Crippen molar-refractivity contribution < 1.29 is 19.1 Å². The van der Waals surface area contributed by atoms with Gasteiger partial charge in [-0.25, -0.2) is 19.4 Å². The van der Waals surface area contributed by atoms with E-state index < -0.39 is 17.1 Å². The third-order valence-corrected chi connectivity index (χ3v) is 8.02. The summed E-state index contributed by atoms with van der Waals surface area (Å²) in [6.45, 7) is 11.4. The molecule has 0 spiro atoms. The van der Waals surface area contributed by atoms with E-state index >= 15 is 0 Å². The van der Waals surface area contributed by atoms with Crippen molar-refractivity contribution in [2.24, 2.45) is 5.92 Å². The number of rotatable bonds is 7. The van der Waals surface area contributed by atoms with Gasteiger partial charge in [-0.3, -0.25) is 9.69 Å². The van der Waals surface area contributed by atoms with Crippen LogP contribution in [0, 0.1) is 24.2 Å². The Morgan fingerprint density at radius 2 is 2.05 bits per heavy atom. The summed E-state index contributed by atoms with van der Waals surface area (Å²) in [4.78, 5) is 38.0. The molecule has 2 aliphatic rings. The van der Waals surface area contributed by atoms with Gasteiger partial charge in [-0.2, -0.15) is 10.4 Å². The lowest BCUT2D eigenvalue weighted by Crippen LogP contribution is -2.40. The van der Waals surface area contributed by atoms with E-state index in [9.17, 15) is 14.9 Å². The van der Waals surface area contributed by atoms with Crippen LogP contribution >= 0.6 is 0 Å². The second-order valence-corrected chi connectivity index (χ2v) is 13.0. The number of methoxy groups -OCH3 is 1. The van der Waals surface area contributed by atoms with Crippen molar-refractivity contribution in [2.75, 3.05) is 44.1 Å². The van der Waals surface area contributed by atoms with Crippen LogP contribution in [0.25, 0.3) is 11.3 Å². The summed E-state index contributed by atoms with van der Waals surface area (Å²) in [6, 6.07) is 9.71. The summed E-state index contributed by atoms with van der Waals surface area (Å²) < 4.78 is 13.1. The minimum absolute atomic E-state index is 0.151. The number of aromatic nitrogens is 4. The van der Waals surface area contributed by atoms with Gasteiger partial charge in [0.2, 0.25) is 11.9 Å². The first kappa shape index (κ1) is 30.9. The molecule has 2 atom stereocenters. The molecule has 5 rings (SSSR count). The van der Waals surface area contributed by atoms with E-state index in [0.29, 0.717) is 54.6 Å². The Labute approximate surface area is 258 Å². The van der Waals surface area contributed by atoms with Gasteiger partial charge < -0.3 is 19.7 Å². The second kappa shape index (κ2) is 11.9. The summed E-state index contributed by atoms with van der Waals surface area (Å²) in [6.07, 6.45) is 2.56. The molecule has 2 aromatic heterocycles. The molecule has 44 heavy (non-hydrogen) atoms. The molecular formula is C32H40N8O4. The molecule has 12 nitrogen and oxygen atoms in total. The van der Waals surface area contributed by atoms with E-state index in [1.165, 1.54) is 4.90 Å². The number of nitrogens with one attached hydrogen (secondary N) is 1. The SMILES string of the molecule is COC[C@@]1(C)CN(C(=O)OC(C)(C)C)c2c(C#N)cc(-c3ccnc(Nc4cc(C)nn4CC4CCN(C)C(=O)C4)n3)cc21. The molecule has 4 heterocycles. The topological polar surface area (TPSA) is 138 Å². The average Bonchev–Trinajstić information content (AvgIpc) is 3.45. The molecule has 2 aliphatic heterocycles. The molecule has 0 saturated carbocycles. The number of hydrogen-bond acceptors (Lipinski definition) is 9. The Morgan fingerprint density at radius 3 is 2.73 bits per heavy atom. The van der Waals surface area contributed by atoms with Crippen LogP contribution in [0.2, 0.25) is 0 Å². The molecule has 12 heteroatoms. The zero-order valence-electron chi connectivity index (χ0n) is 26.5. The summed E-state index contributed by atoms with van der Waals surface area (Å²) >= 11 is 0. The number of carbonyl (C=O) groups excluding carboxylic acids is 2. The Hall–Kier alpha value is -4.50. The molecule has 1 unspecified atom stereocenters. The van der Waals surface area contributed by atoms with E-state index in [1.54, 1.807) is 30.3 Å². The number of amides is 2. The summed E-state index contributed by atoms with van der Waals surface area (Å²) in [5.41, 5.74) is 2.60. The molecule has 232 valence electrons. The Kier molecular flexibility index (Phi) is 8.36. The number of likely N-dealkylation sites (tertiary alicyclic amines) is 1. The van der Waals surface area contributed by atoms with E-state index in [1.807, 2.05) is 58.5 Å². The lowest BCUT2D eigenvalue weighted by atomic mass is 9.83. The smallest absolute Gasteiger partial charge is 0.414 e. The molecule has 1 N–H and O–H groups in total. The molecular weight excluding hydrogens is 560 g/mol. The van der Waals surface area contributed by atoms with Crippen LogP contribution in [0.5, 0.6) is 0 Å². The third-order valence-electron chi connectivity index (χ3n) is 8.02. The zero-order valence-corrected chi connectivity index (χ0v) is 26.5. The standard InChI is InChI=1S/C32H40N8O4/c1-20-12-26(40(37-20)17-21-9-11-38(6)27(41)13-21)36-29-34-10-8-25(35-29)22-14-23(16-33)28-24(15-22)32(5,19-43-7)18-39(28)30(42)44-31(2,3)4/h8,10,12,14-15,21H,9,11,13,17-19H2,1-7H3,(H,34,35,36)/t21?,32-/m1/s1. The van der Waals surface area contributed by atoms with Gasteiger partial charge in [0.25, 0.3) is 0 Å². The largest absolute Gasteiger partial charge is 0.443 e. The first-order valence-electron chi connectivity index (χ1n) is 14.8. The van der Waals surface area contributed by atoms with Crippen LogP contribution in [-0.2, 0) is 26.2 Å². The van der Waals surface area contributed by atoms with Gasteiger partial charge in [-0.15, -0.1) is 0 Å². The van der Waals surface area contributed by atoms with Gasteiger partial charge in [-0.05, 0) is 63.8 Å². The predicted octanol–water partition coefficient (Wildman–Crippen LogP) is 4.79. The van der Waals surface area contributed by atoms with Crippen LogP contribution in [0.4, 0.5) is 22.2 Å². The number of ether oxygens (including phenoxy) is 2. The van der Waals surface area contributed by atoms with Crippen LogP contribution in [-0.4, -0.2) is 76.1 Å². The Balaban J connectivity index is 1.46. The van der Waals surface area contributed by atoms with Crippen molar-refractivity contribution in [3.8, 4) is 17.3 Å². The van der Waals surface area contributed by atoms with Gasteiger partial charge in [0, 0.05) is 63.5 Å². The van der Waals surface area contributed by atoms with Crippen LogP contribution in [0.3, 0.4) is 0 Å². The van der Waals surface area contributed by atoms with Gasteiger partial charge >= 0.3 is 6.09 Å². The number of benzene rings is 1. The quantitative estimate of drug-likeness (QED) is 0.405. The van der Waals surface area contributed by atoms with Crippen LogP contribution < -0.4 is 10.2 Å². The van der Waals surface area contributed by atoms with Crippen molar-refractivity contribution in [1.82, 2.24) is 24.6 Å². The number of nitrogens with zero attached hydrogens (tertiary/aromatic N) is 7. The molecule has 1 saturated heterocycles. The lowest BCUT2D eigenvalue weighted by molar-refractivity contribution is -0.133. The van der Waals surface area contributed by atoms with Gasteiger partial charge in [-0.1, -0.05) is 6.92 Å². The molecule has 1 aromatic carbocycles. The van der Waals surface area contributed by atoms with Crippen molar-refractivity contribution >= 4 is 29.5 Å². The average molecular weight is 601 g/mol. The first-order chi connectivity index (χ1) is 20.8. The van der Waals surface area contributed by atoms with Crippen molar-refractivity contribution in [1.29, 1.82) is 5.26 Å². The fourth-order valence-corrected chi connectivity index (χ4v) is 5.93. The van der Waals surface area contributed by atoms with Crippen molar-refractivity contribution in [2.45, 2.75) is 65.0 Å². The molecule has 3 aromatic rings. The third kappa shape index (κ3) is 6.38. The number of piperidine rings is 1. The number of aryl methyl sites for hydroxylation is 1.